The molecule has 1 saturated carbocycles. The number of carbonyl (C=O) groups is 2. The van der Waals surface area contributed by atoms with Crippen LogP contribution in [0.1, 0.15) is 52.3 Å². The second kappa shape index (κ2) is 6.55. The van der Waals surface area contributed by atoms with Gasteiger partial charge in [-0.15, -0.1) is 0 Å². The lowest BCUT2D eigenvalue weighted by Gasteiger charge is -2.06. The van der Waals surface area contributed by atoms with E-state index < -0.39 is 0 Å². The Balaban J connectivity index is 1.45. The van der Waals surface area contributed by atoms with Gasteiger partial charge in [-0.2, -0.15) is 4.98 Å². The zero-order valence-electron chi connectivity index (χ0n) is 14.2. The lowest BCUT2D eigenvalue weighted by Crippen LogP contribution is -2.11. The summed E-state index contributed by atoms with van der Waals surface area (Å²) >= 11 is 0. The number of hydrogen-bond donors (Lipinski definition) is 1. The number of rotatable bonds is 5. The second-order valence-electron chi connectivity index (χ2n) is 6.40. The van der Waals surface area contributed by atoms with Gasteiger partial charge in [0, 0.05) is 28.3 Å². The number of nitrogens with zero attached hydrogens (tertiary/aromatic N) is 2. The molecule has 1 aromatic heterocycles. The highest BCUT2D eigenvalue weighted by atomic mass is 16.5. The summed E-state index contributed by atoms with van der Waals surface area (Å²) in [6, 6.07) is 13.8. The third-order valence-corrected chi connectivity index (χ3v) is 4.32. The van der Waals surface area contributed by atoms with Crippen LogP contribution >= 0.6 is 0 Å². The van der Waals surface area contributed by atoms with Crippen molar-refractivity contribution in [2.75, 3.05) is 5.32 Å². The average molecular weight is 347 g/mol. The molecule has 1 N–H and O–H groups in total. The number of hydrogen-bond acceptors (Lipinski definition) is 5. The minimum Gasteiger partial charge on any atom is -0.339 e. The molecular formula is C20H17N3O3. The van der Waals surface area contributed by atoms with Gasteiger partial charge < -0.3 is 9.84 Å². The highest BCUT2D eigenvalue weighted by Crippen LogP contribution is 2.39. The molecule has 3 aromatic rings. The fourth-order valence-corrected chi connectivity index (χ4v) is 2.61. The molecule has 1 fully saturated rings. The number of amides is 1. The summed E-state index contributed by atoms with van der Waals surface area (Å²) in [5.74, 6) is 1.41. The lowest BCUT2D eigenvalue weighted by atomic mass is 10.1. The Morgan fingerprint density at radius 2 is 1.65 bits per heavy atom. The number of nitrogens with one attached hydrogen (secondary N) is 1. The van der Waals surface area contributed by atoms with Gasteiger partial charge in [-0.25, -0.2) is 0 Å². The van der Waals surface area contributed by atoms with E-state index in [0.717, 1.165) is 18.4 Å². The third kappa shape index (κ3) is 3.39. The molecular weight excluding hydrogens is 330 g/mol. The molecule has 0 bridgehead atoms. The standard InChI is InChI=1S/C20H17N3O3/c1-12(24)13-8-10-17(11-9-13)21-19(25)15-4-2-14(3-5-15)18-22-20(26-23-18)16-6-7-16/h2-5,8-11,16H,6-7H2,1H3,(H,21,25). The highest BCUT2D eigenvalue weighted by molar-refractivity contribution is 6.04. The zero-order chi connectivity index (χ0) is 18.1. The maximum absolute atomic E-state index is 12.4. The van der Waals surface area contributed by atoms with E-state index in [-0.39, 0.29) is 11.7 Å². The van der Waals surface area contributed by atoms with Crippen LogP contribution in [0.25, 0.3) is 11.4 Å². The van der Waals surface area contributed by atoms with E-state index in [4.69, 9.17) is 4.52 Å². The van der Waals surface area contributed by atoms with Crippen LogP contribution < -0.4 is 5.32 Å². The van der Waals surface area contributed by atoms with Gasteiger partial charge in [-0.1, -0.05) is 17.3 Å². The van der Waals surface area contributed by atoms with Crippen molar-refractivity contribution < 1.29 is 14.1 Å². The Hall–Kier alpha value is -3.28. The van der Waals surface area contributed by atoms with Crippen molar-refractivity contribution in [3.63, 3.8) is 0 Å². The van der Waals surface area contributed by atoms with Gasteiger partial charge in [0.05, 0.1) is 0 Å². The molecule has 0 spiro atoms. The van der Waals surface area contributed by atoms with Crippen molar-refractivity contribution in [3.8, 4) is 11.4 Å². The van der Waals surface area contributed by atoms with Crippen LogP contribution in [0.4, 0.5) is 5.69 Å². The molecule has 0 atom stereocenters. The Morgan fingerprint density at radius 1 is 1.00 bits per heavy atom. The normalized spacial score (nSPS) is 13.4. The molecule has 26 heavy (non-hydrogen) atoms. The second-order valence-corrected chi connectivity index (χ2v) is 6.40. The van der Waals surface area contributed by atoms with Gasteiger partial charge in [0.25, 0.3) is 5.91 Å². The van der Waals surface area contributed by atoms with Crippen molar-refractivity contribution in [1.82, 2.24) is 10.1 Å². The van der Waals surface area contributed by atoms with Gasteiger partial charge in [0.1, 0.15) is 0 Å². The van der Waals surface area contributed by atoms with Crippen LogP contribution in [-0.4, -0.2) is 21.8 Å². The van der Waals surface area contributed by atoms with Gasteiger partial charge in [-0.3, -0.25) is 9.59 Å². The van der Waals surface area contributed by atoms with E-state index in [9.17, 15) is 9.59 Å². The Kier molecular flexibility index (Phi) is 4.08. The fourth-order valence-electron chi connectivity index (χ4n) is 2.61. The quantitative estimate of drug-likeness (QED) is 0.703. The van der Waals surface area contributed by atoms with Gasteiger partial charge in [-0.05, 0) is 56.2 Å². The van der Waals surface area contributed by atoms with Crippen molar-refractivity contribution in [3.05, 3.63) is 65.5 Å². The summed E-state index contributed by atoms with van der Waals surface area (Å²) < 4.78 is 5.26. The first kappa shape index (κ1) is 16.2. The predicted octanol–water partition coefficient (Wildman–Crippen LogP) is 4.07. The Bertz CT molecular complexity index is 955. The number of Topliss-reactive ketones (excluding diaryl/α,β-unsaturated/α-hetero) is 1. The Labute approximate surface area is 150 Å². The third-order valence-electron chi connectivity index (χ3n) is 4.32. The molecule has 1 aliphatic carbocycles. The SMILES string of the molecule is CC(=O)c1ccc(NC(=O)c2ccc(-c3noc(C4CC4)n3)cc2)cc1. The van der Waals surface area contributed by atoms with Crippen LogP contribution in [-0.2, 0) is 0 Å². The lowest BCUT2D eigenvalue weighted by molar-refractivity contribution is 0.101. The van der Waals surface area contributed by atoms with Crippen LogP contribution in [0.15, 0.2) is 53.1 Å². The number of ketones is 1. The van der Waals surface area contributed by atoms with Crippen LogP contribution in [0.3, 0.4) is 0 Å². The molecule has 0 radical (unpaired) electrons. The minimum absolute atomic E-state index is 0.00947. The summed E-state index contributed by atoms with van der Waals surface area (Å²) in [6.07, 6.45) is 2.21. The summed E-state index contributed by atoms with van der Waals surface area (Å²) in [5, 5.41) is 6.81. The largest absolute Gasteiger partial charge is 0.339 e. The van der Waals surface area contributed by atoms with Gasteiger partial charge >= 0.3 is 0 Å². The fraction of sp³-hybridized carbons (Fsp3) is 0.200. The van der Waals surface area contributed by atoms with Crippen molar-refractivity contribution in [2.24, 2.45) is 0 Å². The van der Waals surface area contributed by atoms with E-state index in [1.54, 1.807) is 48.5 Å². The molecule has 0 aliphatic heterocycles. The van der Waals surface area contributed by atoms with Crippen LogP contribution in [0, 0.1) is 0 Å². The van der Waals surface area contributed by atoms with Crippen molar-refractivity contribution in [1.29, 1.82) is 0 Å². The average Bonchev–Trinajstić information content (AvgIpc) is 3.39. The molecule has 130 valence electrons. The summed E-state index contributed by atoms with van der Waals surface area (Å²) in [7, 11) is 0. The van der Waals surface area contributed by atoms with E-state index in [0.29, 0.717) is 34.4 Å². The van der Waals surface area contributed by atoms with Gasteiger partial charge in [0.2, 0.25) is 11.7 Å². The predicted molar refractivity (Wildman–Crippen MR) is 96.1 cm³/mol. The van der Waals surface area contributed by atoms with E-state index >= 15 is 0 Å². The molecule has 0 saturated heterocycles. The number of aromatic nitrogens is 2. The first-order valence-corrected chi connectivity index (χ1v) is 8.46. The van der Waals surface area contributed by atoms with E-state index in [2.05, 4.69) is 15.5 Å². The molecule has 1 aliphatic rings. The molecule has 1 heterocycles. The Morgan fingerprint density at radius 3 is 2.27 bits per heavy atom. The number of carbonyl (C=O) groups excluding carboxylic acids is 2. The number of anilines is 1. The summed E-state index contributed by atoms with van der Waals surface area (Å²) in [4.78, 5) is 28.0. The van der Waals surface area contributed by atoms with E-state index in [1.807, 2.05) is 0 Å². The monoisotopic (exact) mass is 347 g/mol. The zero-order valence-corrected chi connectivity index (χ0v) is 14.2. The molecule has 0 unspecified atom stereocenters. The first-order valence-electron chi connectivity index (χ1n) is 8.46. The molecule has 1 amide bonds. The van der Waals surface area contributed by atoms with Crippen LogP contribution in [0.2, 0.25) is 0 Å². The smallest absolute Gasteiger partial charge is 0.255 e. The van der Waals surface area contributed by atoms with Gasteiger partial charge in [0.15, 0.2) is 5.78 Å². The molecule has 4 rings (SSSR count). The molecule has 6 heteroatoms. The molecule has 2 aromatic carbocycles. The first-order chi connectivity index (χ1) is 12.6. The highest BCUT2D eigenvalue weighted by Gasteiger charge is 2.29. The topological polar surface area (TPSA) is 85.1 Å². The van der Waals surface area contributed by atoms with Crippen LogP contribution in [0.5, 0.6) is 0 Å². The summed E-state index contributed by atoms with van der Waals surface area (Å²) in [6.45, 7) is 1.51. The minimum atomic E-state index is -0.223. The molecule has 6 nitrogen and oxygen atoms in total. The maximum Gasteiger partial charge on any atom is 0.255 e. The summed E-state index contributed by atoms with van der Waals surface area (Å²) in [5.41, 5.74) is 2.58. The van der Waals surface area contributed by atoms with Crippen molar-refractivity contribution in [2.45, 2.75) is 25.7 Å². The van der Waals surface area contributed by atoms with Crippen molar-refractivity contribution >= 4 is 17.4 Å². The number of benzene rings is 2. The maximum atomic E-state index is 12.4. The van der Waals surface area contributed by atoms with E-state index in [1.165, 1.54) is 6.92 Å².